The number of aryl methyl sites for hydroxylation is 1. The maximum absolute atomic E-state index is 10.7. The molecular weight excluding hydrogens is 260 g/mol. The van der Waals surface area contributed by atoms with E-state index in [1.54, 1.807) is 23.9 Å². The van der Waals surface area contributed by atoms with E-state index in [9.17, 15) is 10.1 Å². The molecule has 0 aromatic heterocycles. The van der Waals surface area contributed by atoms with Gasteiger partial charge in [0.15, 0.2) is 0 Å². The first-order chi connectivity index (χ1) is 9.06. The quantitative estimate of drug-likeness (QED) is 0.399. The molecule has 0 unspecified atom stereocenters. The van der Waals surface area contributed by atoms with Crippen LogP contribution in [0.2, 0.25) is 0 Å². The maximum Gasteiger partial charge on any atom is 0.292 e. The number of thioether (sulfide) groups is 1. The number of benzene rings is 2. The maximum atomic E-state index is 10.7. The van der Waals surface area contributed by atoms with Crippen molar-refractivity contribution in [3.63, 3.8) is 0 Å². The van der Waals surface area contributed by atoms with Crippen LogP contribution in [0.25, 0.3) is 0 Å². The average Bonchev–Trinajstić information content (AvgIpc) is 2.36. The molecule has 4 nitrogen and oxygen atoms in total. The van der Waals surface area contributed by atoms with Gasteiger partial charge >= 0.3 is 0 Å². The summed E-state index contributed by atoms with van der Waals surface area (Å²) in [6.45, 7) is 2.05. The summed E-state index contributed by atoms with van der Waals surface area (Å²) in [5.41, 5.74) is 8.27. The highest BCUT2D eigenvalue weighted by molar-refractivity contribution is 7.98. The third-order valence-corrected chi connectivity index (χ3v) is 3.75. The molecule has 0 bridgehead atoms. The highest BCUT2D eigenvalue weighted by Crippen LogP contribution is 2.29. The Labute approximate surface area is 115 Å². The summed E-state index contributed by atoms with van der Waals surface area (Å²) in [5.74, 6) is 0.818. The first-order valence-corrected chi connectivity index (χ1v) is 6.77. The molecule has 98 valence electrons. The van der Waals surface area contributed by atoms with Crippen molar-refractivity contribution in [2.24, 2.45) is 0 Å². The monoisotopic (exact) mass is 274 g/mol. The lowest BCUT2D eigenvalue weighted by atomic mass is 10.2. The molecule has 0 aliphatic heterocycles. The second-order valence-corrected chi connectivity index (χ2v) is 5.30. The van der Waals surface area contributed by atoms with Gasteiger partial charge in [0.1, 0.15) is 5.69 Å². The van der Waals surface area contributed by atoms with E-state index in [0.717, 1.165) is 10.6 Å². The van der Waals surface area contributed by atoms with Crippen LogP contribution in [0.4, 0.5) is 11.4 Å². The van der Waals surface area contributed by atoms with E-state index in [-0.39, 0.29) is 11.4 Å². The van der Waals surface area contributed by atoms with Gasteiger partial charge in [0, 0.05) is 16.7 Å². The SMILES string of the molecule is Cc1cccc(CSc2ccc([N+](=O)[O-])c(N)c2)c1. The van der Waals surface area contributed by atoms with Gasteiger partial charge in [0.25, 0.3) is 5.69 Å². The summed E-state index contributed by atoms with van der Waals surface area (Å²) >= 11 is 1.61. The Morgan fingerprint density at radius 2 is 2.05 bits per heavy atom. The molecule has 5 heteroatoms. The number of nitro groups is 1. The molecular formula is C14H14N2O2S. The van der Waals surface area contributed by atoms with Gasteiger partial charge in [-0.2, -0.15) is 0 Å². The topological polar surface area (TPSA) is 69.2 Å². The number of anilines is 1. The van der Waals surface area contributed by atoms with Gasteiger partial charge in [-0.15, -0.1) is 11.8 Å². The molecule has 0 heterocycles. The van der Waals surface area contributed by atoms with E-state index >= 15 is 0 Å². The molecule has 2 rings (SSSR count). The Morgan fingerprint density at radius 3 is 2.68 bits per heavy atom. The third-order valence-electron chi connectivity index (χ3n) is 2.68. The smallest absolute Gasteiger partial charge is 0.292 e. The Bertz CT molecular complexity index is 614. The zero-order valence-electron chi connectivity index (χ0n) is 10.5. The van der Waals surface area contributed by atoms with Crippen LogP contribution in [-0.4, -0.2) is 4.92 Å². The second kappa shape index (κ2) is 5.75. The van der Waals surface area contributed by atoms with Crippen LogP contribution in [0, 0.1) is 17.0 Å². The number of nitro benzene ring substituents is 1. The van der Waals surface area contributed by atoms with E-state index in [1.165, 1.54) is 17.2 Å². The van der Waals surface area contributed by atoms with Gasteiger partial charge in [0.2, 0.25) is 0 Å². The van der Waals surface area contributed by atoms with Crippen LogP contribution >= 0.6 is 11.8 Å². The lowest BCUT2D eigenvalue weighted by Crippen LogP contribution is -1.95. The summed E-state index contributed by atoms with van der Waals surface area (Å²) in [4.78, 5) is 11.1. The molecule has 0 radical (unpaired) electrons. The van der Waals surface area contributed by atoms with Gasteiger partial charge in [-0.25, -0.2) is 0 Å². The molecule has 0 aliphatic carbocycles. The molecule has 0 saturated carbocycles. The summed E-state index contributed by atoms with van der Waals surface area (Å²) in [6.07, 6.45) is 0. The van der Waals surface area contributed by atoms with Crippen LogP contribution in [0.15, 0.2) is 47.4 Å². The number of nitrogen functional groups attached to an aromatic ring is 1. The molecule has 0 fully saturated rings. The predicted octanol–water partition coefficient (Wildman–Crippen LogP) is 3.78. The number of nitrogens with zero attached hydrogens (tertiary/aromatic N) is 1. The number of rotatable bonds is 4. The highest BCUT2D eigenvalue weighted by Gasteiger charge is 2.11. The predicted molar refractivity (Wildman–Crippen MR) is 78.2 cm³/mol. The van der Waals surface area contributed by atoms with Crippen molar-refractivity contribution < 1.29 is 4.92 Å². The fraction of sp³-hybridized carbons (Fsp3) is 0.143. The molecule has 2 aromatic carbocycles. The van der Waals surface area contributed by atoms with Gasteiger partial charge in [-0.05, 0) is 24.6 Å². The molecule has 0 spiro atoms. The number of hydrogen-bond donors (Lipinski definition) is 1. The fourth-order valence-electron chi connectivity index (χ4n) is 1.76. The zero-order valence-corrected chi connectivity index (χ0v) is 11.3. The van der Waals surface area contributed by atoms with Crippen molar-refractivity contribution in [1.29, 1.82) is 0 Å². The standard InChI is InChI=1S/C14H14N2O2S/c1-10-3-2-4-11(7-10)9-19-12-5-6-14(16(17)18)13(15)8-12/h2-8H,9,15H2,1H3. The van der Waals surface area contributed by atoms with Crippen LogP contribution in [0.3, 0.4) is 0 Å². The van der Waals surface area contributed by atoms with Crippen molar-refractivity contribution in [2.75, 3.05) is 5.73 Å². The summed E-state index contributed by atoms with van der Waals surface area (Å²) in [7, 11) is 0. The van der Waals surface area contributed by atoms with E-state index in [1.807, 2.05) is 6.07 Å². The molecule has 0 saturated heterocycles. The van der Waals surface area contributed by atoms with Gasteiger partial charge in [-0.3, -0.25) is 10.1 Å². The minimum atomic E-state index is -0.468. The lowest BCUT2D eigenvalue weighted by Gasteiger charge is -2.04. The van der Waals surface area contributed by atoms with Crippen molar-refractivity contribution >= 4 is 23.1 Å². The Kier molecular flexibility index (Phi) is 4.06. The van der Waals surface area contributed by atoms with Crippen LogP contribution in [0.5, 0.6) is 0 Å². The van der Waals surface area contributed by atoms with E-state index < -0.39 is 4.92 Å². The molecule has 2 aromatic rings. The highest BCUT2D eigenvalue weighted by atomic mass is 32.2. The van der Waals surface area contributed by atoms with E-state index in [0.29, 0.717) is 0 Å². The molecule has 0 atom stereocenters. The van der Waals surface area contributed by atoms with E-state index in [4.69, 9.17) is 5.73 Å². The first-order valence-electron chi connectivity index (χ1n) is 5.78. The Balaban J connectivity index is 2.08. The fourth-order valence-corrected chi connectivity index (χ4v) is 2.64. The minimum absolute atomic E-state index is 0.0418. The number of hydrogen-bond acceptors (Lipinski definition) is 4. The molecule has 0 aliphatic rings. The minimum Gasteiger partial charge on any atom is -0.393 e. The summed E-state index contributed by atoms with van der Waals surface area (Å²) < 4.78 is 0. The van der Waals surface area contributed by atoms with Crippen LogP contribution in [-0.2, 0) is 5.75 Å². The van der Waals surface area contributed by atoms with Crippen molar-refractivity contribution in [2.45, 2.75) is 17.6 Å². The van der Waals surface area contributed by atoms with E-state index in [2.05, 4.69) is 25.1 Å². The summed E-state index contributed by atoms with van der Waals surface area (Å²) in [5, 5.41) is 10.7. The average molecular weight is 274 g/mol. The molecule has 19 heavy (non-hydrogen) atoms. The number of nitrogens with two attached hydrogens (primary N) is 1. The largest absolute Gasteiger partial charge is 0.393 e. The van der Waals surface area contributed by atoms with Gasteiger partial charge in [-0.1, -0.05) is 29.8 Å². The van der Waals surface area contributed by atoms with Crippen LogP contribution in [0.1, 0.15) is 11.1 Å². The summed E-state index contributed by atoms with van der Waals surface area (Å²) in [6, 6.07) is 13.1. The van der Waals surface area contributed by atoms with Crippen molar-refractivity contribution in [1.82, 2.24) is 0 Å². The second-order valence-electron chi connectivity index (χ2n) is 4.26. The Morgan fingerprint density at radius 1 is 1.26 bits per heavy atom. The lowest BCUT2D eigenvalue weighted by molar-refractivity contribution is -0.383. The Hall–Kier alpha value is -2.01. The zero-order chi connectivity index (χ0) is 13.8. The third kappa shape index (κ3) is 3.48. The first kappa shape index (κ1) is 13.4. The molecule has 2 N–H and O–H groups in total. The van der Waals surface area contributed by atoms with Gasteiger partial charge in [0.05, 0.1) is 4.92 Å². The van der Waals surface area contributed by atoms with Crippen molar-refractivity contribution in [3.05, 3.63) is 63.7 Å². The normalized spacial score (nSPS) is 10.4. The van der Waals surface area contributed by atoms with Crippen molar-refractivity contribution in [3.8, 4) is 0 Å². The van der Waals surface area contributed by atoms with Gasteiger partial charge < -0.3 is 5.73 Å². The molecule has 0 amide bonds. The van der Waals surface area contributed by atoms with Crippen LogP contribution < -0.4 is 5.73 Å².